The van der Waals surface area contributed by atoms with Crippen molar-refractivity contribution < 1.29 is 4.39 Å². The van der Waals surface area contributed by atoms with E-state index in [4.69, 9.17) is 4.99 Å². The van der Waals surface area contributed by atoms with Gasteiger partial charge in [-0.2, -0.15) is 0 Å². The van der Waals surface area contributed by atoms with E-state index < -0.39 is 0 Å². The van der Waals surface area contributed by atoms with Gasteiger partial charge >= 0.3 is 0 Å². The molecule has 0 aliphatic heterocycles. The van der Waals surface area contributed by atoms with Gasteiger partial charge in [-0.05, 0) is 36.1 Å². The molecule has 0 unspecified atom stereocenters. The summed E-state index contributed by atoms with van der Waals surface area (Å²) in [5.41, 5.74) is 0.887. The number of aromatic nitrogens is 3. The highest BCUT2D eigenvalue weighted by Gasteiger charge is 2.10. The van der Waals surface area contributed by atoms with E-state index in [1.54, 1.807) is 23.5 Å². The number of aliphatic imine (C=N–C) groups is 1. The average Bonchev–Trinajstić information content (AvgIpc) is 3.26. The first-order valence-corrected chi connectivity index (χ1v) is 9.52. The number of benzene rings is 1. The lowest BCUT2D eigenvalue weighted by Crippen LogP contribution is -2.38. The van der Waals surface area contributed by atoms with E-state index in [-0.39, 0.29) is 29.8 Å². The quantitative estimate of drug-likeness (QED) is 0.310. The number of thiophene rings is 1. The molecule has 0 saturated carbocycles. The molecular formula is C19H24FIN6S. The van der Waals surface area contributed by atoms with Gasteiger partial charge in [0.15, 0.2) is 11.8 Å². The fourth-order valence-electron chi connectivity index (χ4n) is 2.61. The summed E-state index contributed by atoms with van der Waals surface area (Å²) in [6.45, 7) is 3.55. The van der Waals surface area contributed by atoms with Crippen LogP contribution in [-0.2, 0) is 26.7 Å². The minimum atomic E-state index is -0.236. The van der Waals surface area contributed by atoms with Gasteiger partial charge in [0.1, 0.15) is 18.2 Å². The van der Waals surface area contributed by atoms with Crippen LogP contribution in [-0.4, -0.2) is 32.7 Å². The van der Waals surface area contributed by atoms with Crippen LogP contribution in [0.3, 0.4) is 0 Å². The molecule has 150 valence electrons. The van der Waals surface area contributed by atoms with Crippen molar-refractivity contribution in [3.63, 3.8) is 0 Å². The Kier molecular flexibility index (Phi) is 8.36. The molecule has 6 nitrogen and oxygen atoms in total. The second kappa shape index (κ2) is 10.5. The minimum absolute atomic E-state index is 0. The van der Waals surface area contributed by atoms with E-state index in [0.29, 0.717) is 19.6 Å². The number of halogens is 2. The van der Waals surface area contributed by atoms with Crippen LogP contribution in [0.25, 0.3) is 0 Å². The Labute approximate surface area is 185 Å². The molecule has 0 spiro atoms. The summed E-state index contributed by atoms with van der Waals surface area (Å²) in [7, 11) is 3.86. The first-order valence-electron chi connectivity index (χ1n) is 8.64. The molecule has 0 aliphatic carbocycles. The van der Waals surface area contributed by atoms with Gasteiger partial charge in [0.25, 0.3) is 0 Å². The summed E-state index contributed by atoms with van der Waals surface area (Å²) < 4.78 is 15.4. The van der Waals surface area contributed by atoms with Crippen LogP contribution in [0.1, 0.15) is 22.1 Å². The number of guanidine groups is 1. The van der Waals surface area contributed by atoms with E-state index >= 15 is 0 Å². The van der Waals surface area contributed by atoms with Gasteiger partial charge in [0.2, 0.25) is 0 Å². The van der Waals surface area contributed by atoms with Crippen molar-refractivity contribution in [2.75, 3.05) is 7.05 Å². The third kappa shape index (κ3) is 5.99. The standard InChI is InChI=1S/C19H23FN6S.HI/c1-14-23-24-18(26(14)3)12-22-19(21-11-17-8-5-9-27-17)25(2)13-15-6-4-7-16(20)10-15;/h4-10H,11-13H2,1-3H3,(H,21,22);1H. The minimum Gasteiger partial charge on any atom is -0.351 e. The highest BCUT2D eigenvalue weighted by molar-refractivity contribution is 14.0. The predicted molar refractivity (Wildman–Crippen MR) is 121 cm³/mol. The predicted octanol–water partition coefficient (Wildman–Crippen LogP) is 3.72. The molecule has 3 rings (SSSR count). The molecule has 3 aromatic rings. The van der Waals surface area contributed by atoms with Crippen LogP contribution >= 0.6 is 35.3 Å². The van der Waals surface area contributed by atoms with Gasteiger partial charge < -0.3 is 14.8 Å². The Morgan fingerprint density at radius 2 is 2.11 bits per heavy atom. The number of hydrogen-bond acceptors (Lipinski definition) is 4. The Morgan fingerprint density at radius 1 is 1.29 bits per heavy atom. The van der Waals surface area contributed by atoms with Gasteiger partial charge in [0, 0.05) is 25.5 Å². The maximum atomic E-state index is 13.5. The SMILES string of the molecule is Cc1nnc(CN=C(NCc2cccs2)N(C)Cc2cccc(F)c2)n1C.I. The van der Waals surface area contributed by atoms with Gasteiger partial charge in [-0.1, -0.05) is 18.2 Å². The molecule has 0 saturated heterocycles. The number of nitrogens with one attached hydrogen (secondary N) is 1. The summed E-state index contributed by atoms with van der Waals surface area (Å²) in [5, 5.41) is 13.7. The van der Waals surface area contributed by atoms with E-state index in [2.05, 4.69) is 21.6 Å². The summed E-state index contributed by atoms with van der Waals surface area (Å²) in [5.74, 6) is 2.14. The Hall–Kier alpha value is -2.01. The maximum absolute atomic E-state index is 13.5. The van der Waals surface area contributed by atoms with Crippen molar-refractivity contribution in [3.8, 4) is 0 Å². The second-order valence-corrected chi connectivity index (χ2v) is 7.31. The Morgan fingerprint density at radius 3 is 2.75 bits per heavy atom. The molecule has 0 radical (unpaired) electrons. The van der Waals surface area contributed by atoms with Crippen molar-refractivity contribution in [2.24, 2.45) is 12.0 Å². The highest BCUT2D eigenvalue weighted by atomic mass is 127. The molecule has 1 N–H and O–H groups in total. The number of nitrogens with zero attached hydrogens (tertiary/aromatic N) is 5. The lowest BCUT2D eigenvalue weighted by Gasteiger charge is -2.22. The zero-order chi connectivity index (χ0) is 19.2. The zero-order valence-electron chi connectivity index (χ0n) is 16.1. The molecule has 0 atom stereocenters. The summed E-state index contributed by atoms with van der Waals surface area (Å²) in [6.07, 6.45) is 0. The van der Waals surface area contributed by atoms with Crippen molar-refractivity contribution >= 4 is 41.3 Å². The largest absolute Gasteiger partial charge is 0.351 e. The fourth-order valence-corrected chi connectivity index (χ4v) is 3.25. The van der Waals surface area contributed by atoms with Crippen LogP contribution in [0, 0.1) is 12.7 Å². The van der Waals surface area contributed by atoms with Crippen LogP contribution in [0.4, 0.5) is 4.39 Å². The van der Waals surface area contributed by atoms with Crippen LogP contribution in [0.15, 0.2) is 46.8 Å². The second-order valence-electron chi connectivity index (χ2n) is 6.28. The summed E-state index contributed by atoms with van der Waals surface area (Å²) in [6, 6.07) is 10.7. The first kappa shape index (κ1) is 22.3. The maximum Gasteiger partial charge on any atom is 0.194 e. The van der Waals surface area contributed by atoms with Crippen molar-refractivity contribution in [2.45, 2.75) is 26.6 Å². The number of aryl methyl sites for hydroxylation is 1. The van der Waals surface area contributed by atoms with Crippen molar-refractivity contribution in [1.82, 2.24) is 25.0 Å². The normalized spacial score (nSPS) is 11.2. The summed E-state index contributed by atoms with van der Waals surface area (Å²) in [4.78, 5) is 7.90. The lowest BCUT2D eigenvalue weighted by molar-refractivity contribution is 0.472. The monoisotopic (exact) mass is 514 g/mol. The van der Waals surface area contributed by atoms with Crippen molar-refractivity contribution in [3.05, 3.63) is 69.7 Å². The molecule has 0 amide bonds. The third-order valence-corrected chi connectivity index (χ3v) is 5.10. The summed E-state index contributed by atoms with van der Waals surface area (Å²) >= 11 is 1.69. The van der Waals surface area contributed by atoms with Crippen LogP contribution < -0.4 is 5.32 Å². The molecule has 1 aromatic carbocycles. The van der Waals surface area contributed by atoms with Crippen molar-refractivity contribution in [1.29, 1.82) is 0 Å². The van der Waals surface area contributed by atoms with Crippen LogP contribution in [0.2, 0.25) is 0 Å². The smallest absolute Gasteiger partial charge is 0.194 e. The molecule has 0 bridgehead atoms. The molecule has 2 heterocycles. The molecule has 0 aliphatic rings. The molecular weight excluding hydrogens is 490 g/mol. The molecule has 28 heavy (non-hydrogen) atoms. The highest BCUT2D eigenvalue weighted by Crippen LogP contribution is 2.10. The topological polar surface area (TPSA) is 58.3 Å². The molecule has 0 fully saturated rings. The fraction of sp³-hybridized carbons (Fsp3) is 0.316. The van der Waals surface area contributed by atoms with E-state index in [1.165, 1.54) is 10.9 Å². The number of rotatable bonds is 6. The Balaban J connectivity index is 0.00000280. The Bertz CT molecular complexity index is 909. The zero-order valence-corrected chi connectivity index (χ0v) is 19.2. The van der Waals surface area contributed by atoms with E-state index in [9.17, 15) is 4.39 Å². The lowest BCUT2D eigenvalue weighted by atomic mass is 10.2. The van der Waals surface area contributed by atoms with Gasteiger partial charge in [0.05, 0.1) is 6.54 Å². The first-order chi connectivity index (χ1) is 13.0. The third-order valence-electron chi connectivity index (χ3n) is 4.22. The molecule has 9 heteroatoms. The van der Waals surface area contributed by atoms with Gasteiger partial charge in [-0.15, -0.1) is 45.5 Å². The van der Waals surface area contributed by atoms with E-state index in [0.717, 1.165) is 23.2 Å². The van der Waals surface area contributed by atoms with Gasteiger partial charge in [-0.25, -0.2) is 9.38 Å². The van der Waals surface area contributed by atoms with Gasteiger partial charge in [-0.3, -0.25) is 0 Å². The average molecular weight is 514 g/mol. The van der Waals surface area contributed by atoms with Crippen LogP contribution in [0.5, 0.6) is 0 Å². The number of hydrogen-bond donors (Lipinski definition) is 1. The molecule has 2 aromatic heterocycles. The van der Waals surface area contributed by atoms with E-state index in [1.807, 2.05) is 48.0 Å².